The fourth-order valence-electron chi connectivity index (χ4n) is 2.12. The molecule has 0 saturated carbocycles. The minimum atomic E-state index is -0.557. The first kappa shape index (κ1) is 18.9. The SMILES string of the molecule is CCCC(C)(CO)NC(=O)NCCc1csc(C(C)(C)C)n1. The highest BCUT2D eigenvalue weighted by molar-refractivity contribution is 7.09. The zero-order chi connectivity index (χ0) is 16.8. The number of carbonyl (C=O) groups excluding carboxylic acids is 1. The maximum absolute atomic E-state index is 11.9. The van der Waals surface area contributed by atoms with E-state index in [2.05, 4.69) is 41.8 Å². The molecule has 0 spiro atoms. The Labute approximate surface area is 137 Å². The van der Waals surface area contributed by atoms with Gasteiger partial charge in [0.1, 0.15) is 0 Å². The van der Waals surface area contributed by atoms with E-state index in [-0.39, 0.29) is 18.1 Å². The van der Waals surface area contributed by atoms with Gasteiger partial charge in [-0.3, -0.25) is 0 Å². The van der Waals surface area contributed by atoms with Crippen LogP contribution in [0.4, 0.5) is 4.79 Å². The summed E-state index contributed by atoms with van der Waals surface area (Å²) in [5.74, 6) is 0. The lowest BCUT2D eigenvalue weighted by Crippen LogP contribution is -2.52. The van der Waals surface area contributed by atoms with Crippen LogP contribution in [0.5, 0.6) is 0 Å². The predicted octanol–water partition coefficient (Wildman–Crippen LogP) is 2.83. The smallest absolute Gasteiger partial charge is 0.315 e. The maximum Gasteiger partial charge on any atom is 0.315 e. The van der Waals surface area contributed by atoms with E-state index in [1.807, 2.05) is 13.8 Å². The van der Waals surface area contributed by atoms with Gasteiger partial charge in [-0.2, -0.15) is 0 Å². The lowest BCUT2D eigenvalue weighted by molar-refractivity contribution is 0.163. The van der Waals surface area contributed by atoms with Gasteiger partial charge in [0.05, 0.1) is 22.8 Å². The first-order valence-corrected chi connectivity index (χ1v) is 8.70. The fraction of sp³-hybridized carbons (Fsp3) is 0.750. The summed E-state index contributed by atoms with van der Waals surface area (Å²) in [6.07, 6.45) is 2.37. The molecular weight excluding hydrogens is 298 g/mol. The molecule has 3 N–H and O–H groups in total. The average molecular weight is 327 g/mol. The first-order valence-electron chi connectivity index (χ1n) is 7.82. The van der Waals surface area contributed by atoms with Gasteiger partial charge in [-0.15, -0.1) is 11.3 Å². The molecule has 126 valence electrons. The average Bonchev–Trinajstić information content (AvgIpc) is 2.87. The van der Waals surface area contributed by atoms with Crippen molar-refractivity contribution in [1.82, 2.24) is 15.6 Å². The lowest BCUT2D eigenvalue weighted by Gasteiger charge is -2.28. The Morgan fingerprint density at radius 1 is 1.36 bits per heavy atom. The molecule has 0 aromatic carbocycles. The van der Waals surface area contributed by atoms with Gasteiger partial charge < -0.3 is 15.7 Å². The van der Waals surface area contributed by atoms with Crippen molar-refractivity contribution >= 4 is 17.4 Å². The summed E-state index contributed by atoms with van der Waals surface area (Å²) in [5.41, 5.74) is 0.518. The van der Waals surface area contributed by atoms with Gasteiger partial charge in [-0.1, -0.05) is 34.1 Å². The van der Waals surface area contributed by atoms with Gasteiger partial charge in [0.2, 0.25) is 0 Å². The molecule has 5 nitrogen and oxygen atoms in total. The van der Waals surface area contributed by atoms with E-state index < -0.39 is 5.54 Å². The van der Waals surface area contributed by atoms with Crippen molar-refractivity contribution in [2.24, 2.45) is 0 Å². The molecule has 0 aliphatic heterocycles. The number of hydrogen-bond acceptors (Lipinski definition) is 4. The van der Waals surface area contributed by atoms with Crippen molar-refractivity contribution in [3.05, 3.63) is 16.1 Å². The largest absolute Gasteiger partial charge is 0.394 e. The molecule has 0 saturated heterocycles. The molecule has 1 rings (SSSR count). The number of nitrogens with zero attached hydrogens (tertiary/aromatic N) is 1. The number of urea groups is 1. The highest BCUT2D eigenvalue weighted by Crippen LogP contribution is 2.25. The zero-order valence-corrected chi connectivity index (χ0v) is 15.1. The van der Waals surface area contributed by atoms with Crippen molar-refractivity contribution in [2.75, 3.05) is 13.2 Å². The molecule has 0 fully saturated rings. The van der Waals surface area contributed by atoms with E-state index in [1.54, 1.807) is 11.3 Å². The van der Waals surface area contributed by atoms with Crippen LogP contribution in [-0.4, -0.2) is 34.8 Å². The second kappa shape index (κ2) is 7.92. The van der Waals surface area contributed by atoms with Gasteiger partial charge in [0.15, 0.2) is 0 Å². The Bertz CT molecular complexity index is 482. The molecule has 1 unspecified atom stereocenters. The first-order chi connectivity index (χ1) is 10.2. The van der Waals surface area contributed by atoms with E-state index in [1.165, 1.54) is 0 Å². The highest BCUT2D eigenvalue weighted by Gasteiger charge is 2.24. The third-order valence-electron chi connectivity index (χ3n) is 3.43. The summed E-state index contributed by atoms with van der Waals surface area (Å²) >= 11 is 1.66. The van der Waals surface area contributed by atoms with Crippen LogP contribution in [0, 0.1) is 0 Å². The summed E-state index contributed by atoms with van der Waals surface area (Å²) in [6.45, 7) is 10.8. The topological polar surface area (TPSA) is 74.2 Å². The number of aliphatic hydroxyl groups excluding tert-OH is 1. The molecule has 2 amide bonds. The Balaban J connectivity index is 2.41. The number of hydrogen-bond donors (Lipinski definition) is 3. The molecule has 1 aromatic heterocycles. The van der Waals surface area contributed by atoms with Crippen LogP contribution in [0.15, 0.2) is 5.38 Å². The molecule has 0 radical (unpaired) electrons. The summed E-state index contributed by atoms with van der Waals surface area (Å²) in [4.78, 5) is 16.5. The van der Waals surface area contributed by atoms with Gasteiger partial charge >= 0.3 is 6.03 Å². The molecule has 1 aromatic rings. The van der Waals surface area contributed by atoms with E-state index in [9.17, 15) is 9.90 Å². The van der Waals surface area contributed by atoms with E-state index in [0.717, 1.165) is 23.5 Å². The molecule has 0 aliphatic rings. The number of carbonyl (C=O) groups is 1. The Morgan fingerprint density at radius 2 is 2.05 bits per heavy atom. The molecule has 22 heavy (non-hydrogen) atoms. The highest BCUT2D eigenvalue weighted by atomic mass is 32.1. The Morgan fingerprint density at radius 3 is 2.55 bits per heavy atom. The van der Waals surface area contributed by atoms with Crippen LogP contribution in [0.2, 0.25) is 0 Å². The second-order valence-corrected chi connectivity index (χ2v) is 7.85. The number of thiazole rings is 1. The fourth-order valence-corrected chi connectivity index (χ4v) is 3.06. The summed E-state index contributed by atoms with van der Waals surface area (Å²) in [5, 5.41) is 18.2. The van der Waals surface area contributed by atoms with Gasteiger partial charge in [0, 0.05) is 23.8 Å². The summed E-state index contributed by atoms with van der Waals surface area (Å²) in [6, 6.07) is -0.240. The Hall–Kier alpha value is -1.14. The molecule has 0 bridgehead atoms. The molecule has 6 heteroatoms. The van der Waals surface area contributed by atoms with Gasteiger partial charge in [0.25, 0.3) is 0 Å². The van der Waals surface area contributed by atoms with Crippen LogP contribution in [0.3, 0.4) is 0 Å². The van der Waals surface area contributed by atoms with Crippen molar-refractivity contribution in [3.63, 3.8) is 0 Å². The number of rotatable bonds is 7. The minimum Gasteiger partial charge on any atom is -0.394 e. The van der Waals surface area contributed by atoms with E-state index in [0.29, 0.717) is 13.0 Å². The number of aliphatic hydroxyl groups is 1. The van der Waals surface area contributed by atoms with Gasteiger partial charge in [-0.25, -0.2) is 9.78 Å². The van der Waals surface area contributed by atoms with Crippen LogP contribution in [-0.2, 0) is 11.8 Å². The van der Waals surface area contributed by atoms with Crippen LogP contribution in [0.25, 0.3) is 0 Å². The van der Waals surface area contributed by atoms with Gasteiger partial charge in [-0.05, 0) is 13.3 Å². The quantitative estimate of drug-likeness (QED) is 0.721. The lowest BCUT2D eigenvalue weighted by atomic mass is 9.98. The van der Waals surface area contributed by atoms with Crippen molar-refractivity contribution in [2.45, 2.75) is 64.8 Å². The zero-order valence-electron chi connectivity index (χ0n) is 14.3. The number of nitrogens with one attached hydrogen (secondary N) is 2. The Kier molecular flexibility index (Phi) is 6.81. The third kappa shape index (κ3) is 5.93. The van der Waals surface area contributed by atoms with Crippen molar-refractivity contribution in [1.29, 1.82) is 0 Å². The maximum atomic E-state index is 11.9. The third-order valence-corrected chi connectivity index (χ3v) is 4.74. The molecule has 1 atom stereocenters. The summed E-state index contributed by atoms with van der Waals surface area (Å²) in [7, 11) is 0. The number of aromatic nitrogens is 1. The van der Waals surface area contributed by atoms with Crippen molar-refractivity contribution in [3.8, 4) is 0 Å². The summed E-state index contributed by atoms with van der Waals surface area (Å²) < 4.78 is 0. The number of amides is 2. The second-order valence-electron chi connectivity index (χ2n) is 6.99. The monoisotopic (exact) mass is 327 g/mol. The molecular formula is C16H29N3O2S. The standard InChI is InChI=1S/C16H29N3O2S/c1-6-8-16(5,11-20)19-14(21)17-9-7-12-10-22-13(18-12)15(2,3)4/h10,20H,6-9,11H2,1-5H3,(H2,17,19,21). The normalized spacial score (nSPS) is 14.5. The van der Waals surface area contributed by atoms with Crippen molar-refractivity contribution < 1.29 is 9.90 Å². The minimum absolute atomic E-state index is 0.0602. The predicted molar refractivity (Wildman–Crippen MR) is 91.5 cm³/mol. The van der Waals surface area contributed by atoms with E-state index >= 15 is 0 Å². The van der Waals surface area contributed by atoms with Crippen LogP contribution in [0.1, 0.15) is 58.2 Å². The van der Waals surface area contributed by atoms with Crippen LogP contribution >= 0.6 is 11.3 Å². The van der Waals surface area contributed by atoms with Crippen LogP contribution < -0.4 is 10.6 Å². The molecule has 0 aliphatic carbocycles. The van der Waals surface area contributed by atoms with E-state index in [4.69, 9.17) is 0 Å². The molecule has 1 heterocycles.